The summed E-state index contributed by atoms with van der Waals surface area (Å²) < 4.78 is 5.59. The summed E-state index contributed by atoms with van der Waals surface area (Å²) in [5, 5.41) is 36.3. The Balaban J connectivity index is 1.27. The molecule has 0 spiro atoms. The maximum Gasteiger partial charge on any atom is 0.170 e. The average Bonchev–Trinajstić information content (AvgIpc) is 3.62. The van der Waals surface area contributed by atoms with Gasteiger partial charge in [-0.25, -0.2) is 0 Å². The zero-order valence-electron chi connectivity index (χ0n) is 28.3. The molecule has 3 aliphatic rings. The van der Waals surface area contributed by atoms with E-state index >= 15 is 0 Å². The number of unbranched alkanes of at least 4 members (excludes halogenated alkanes) is 3. The van der Waals surface area contributed by atoms with Gasteiger partial charge in [-0.1, -0.05) is 82.1 Å². The molecule has 2 aromatic rings. The second-order valence-electron chi connectivity index (χ2n) is 13.9. The number of aromatic amines is 1. The summed E-state index contributed by atoms with van der Waals surface area (Å²) in [5.74, 6) is 0.143. The molecule has 260 valence electrons. The predicted octanol–water partition coefficient (Wildman–Crippen LogP) is 5.66. The van der Waals surface area contributed by atoms with Crippen LogP contribution in [0.5, 0.6) is 11.5 Å². The fraction of sp³-hybridized carbons (Fsp3) is 0.538. The zero-order valence-corrected chi connectivity index (χ0v) is 28.3. The van der Waals surface area contributed by atoms with Crippen molar-refractivity contribution < 1.29 is 29.6 Å². The molecule has 0 saturated heterocycles. The van der Waals surface area contributed by atoms with Gasteiger partial charge >= 0.3 is 0 Å². The first-order valence-corrected chi connectivity index (χ1v) is 17.8. The topological polar surface area (TPSA) is 158 Å². The van der Waals surface area contributed by atoms with Crippen LogP contribution in [0.1, 0.15) is 99.8 Å². The quantitative estimate of drug-likeness (QED) is 0.0939. The van der Waals surface area contributed by atoms with E-state index in [4.69, 9.17) is 10.5 Å². The molecule has 1 aromatic carbocycles. The van der Waals surface area contributed by atoms with Crippen LogP contribution >= 0.6 is 0 Å². The zero-order chi connectivity index (χ0) is 34.1. The number of aryl methyl sites for hydroxylation is 1. The third-order valence-electron chi connectivity index (χ3n) is 10.6. The van der Waals surface area contributed by atoms with Crippen LogP contribution in [0, 0.1) is 11.3 Å². The number of phenolic OH excluding ortho intramolecular Hbond substituents is 1. The van der Waals surface area contributed by atoms with Crippen molar-refractivity contribution in [3.05, 3.63) is 82.5 Å². The molecule has 1 saturated carbocycles. The van der Waals surface area contributed by atoms with Crippen molar-refractivity contribution in [1.29, 1.82) is 0 Å². The summed E-state index contributed by atoms with van der Waals surface area (Å²) in [4.78, 5) is 28.9. The number of aliphatic hydroxyl groups is 2. The number of rotatable bonds is 17. The number of hydrogen-bond acceptors (Lipinski definition) is 8. The Morgan fingerprint density at radius 3 is 2.58 bits per heavy atom. The molecule has 0 radical (unpaired) electrons. The average molecular weight is 660 g/mol. The lowest BCUT2D eigenvalue weighted by Crippen LogP contribution is -2.40. The molecule has 9 nitrogen and oxygen atoms in total. The Labute approximate surface area is 284 Å². The number of phenols is 1. The van der Waals surface area contributed by atoms with E-state index in [1.165, 1.54) is 52.1 Å². The maximum atomic E-state index is 13.0. The number of H-pyrrole nitrogens is 1. The molecule has 48 heavy (non-hydrogen) atoms. The first kappa shape index (κ1) is 35.5. The molecule has 2 aliphatic carbocycles. The minimum Gasteiger partial charge on any atom is -0.504 e. The molecule has 3 atom stereocenters. The molecule has 1 fully saturated rings. The number of ketones is 2. The van der Waals surface area contributed by atoms with Gasteiger partial charge in [-0.15, -0.1) is 0 Å². The fourth-order valence-electron chi connectivity index (χ4n) is 7.91. The number of methoxy groups -OCH3 is 1. The molecular formula is C39H53N3O6. The standard InChI is InChI=1S/C39H53N3O6/c1-48-34-23-27(15-16-33(45)37(47)32(44)14-8-3-2-5-10-26-11-6-4-7-12-26)22-31(36(34)46)35-29-18-21-42-38(40)30(29)17-19-39(35,25-43)24-28-13-9-20-41-28/h9,13,17-20,22-23,26,35,37,41-43,46-47H,2-8,10-12,14-16,21,24-25,40H2,1H3/t35-,37+,39-/m0/s1. The molecule has 5 rings (SSSR count). The minimum atomic E-state index is -1.63. The van der Waals surface area contributed by atoms with Crippen molar-refractivity contribution in [1.82, 2.24) is 10.3 Å². The van der Waals surface area contributed by atoms with Gasteiger partial charge in [0.25, 0.3) is 0 Å². The number of benzene rings is 1. The van der Waals surface area contributed by atoms with E-state index in [2.05, 4.69) is 10.3 Å². The third-order valence-corrected chi connectivity index (χ3v) is 10.6. The highest BCUT2D eigenvalue weighted by Gasteiger charge is 2.45. The lowest BCUT2D eigenvalue weighted by molar-refractivity contribution is -0.138. The first-order chi connectivity index (χ1) is 23.3. The minimum absolute atomic E-state index is 0.0371. The van der Waals surface area contributed by atoms with Crippen LogP contribution in [0.15, 0.2) is 65.7 Å². The molecule has 9 heteroatoms. The summed E-state index contributed by atoms with van der Waals surface area (Å²) in [5.41, 5.74) is 9.40. The summed E-state index contributed by atoms with van der Waals surface area (Å²) in [6, 6.07) is 7.39. The van der Waals surface area contributed by atoms with E-state index in [-0.39, 0.29) is 37.4 Å². The van der Waals surface area contributed by atoms with Crippen molar-refractivity contribution >= 4 is 11.6 Å². The van der Waals surface area contributed by atoms with Gasteiger partial charge in [-0.3, -0.25) is 9.59 Å². The summed E-state index contributed by atoms with van der Waals surface area (Å²) in [6.07, 6.45) is 18.9. The number of Topliss-reactive ketones (excluding diaryl/α,β-unsaturated/α-hetero) is 2. The Bertz CT molecular complexity index is 1500. The van der Waals surface area contributed by atoms with Gasteiger partial charge in [-0.2, -0.15) is 0 Å². The van der Waals surface area contributed by atoms with Gasteiger partial charge in [0.15, 0.2) is 29.2 Å². The molecule has 1 aliphatic heterocycles. The van der Waals surface area contributed by atoms with Gasteiger partial charge in [0.1, 0.15) is 5.82 Å². The van der Waals surface area contributed by atoms with Crippen molar-refractivity contribution in [3.63, 3.8) is 0 Å². The van der Waals surface area contributed by atoms with Crippen LogP contribution in [0.3, 0.4) is 0 Å². The fourth-order valence-corrected chi connectivity index (χ4v) is 7.91. The number of carbonyl (C=O) groups is 2. The molecule has 7 N–H and O–H groups in total. The molecular weight excluding hydrogens is 606 g/mol. The number of nitrogens with two attached hydrogens (primary N) is 1. The molecule has 0 bridgehead atoms. The highest BCUT2D eigenvalue weighted by molar-refractivity contribution is 6.05. The van der Waals surface area contributed by atoms with E-state index in [1.54, 1.807) is 6.07 Å². The smallest absolute Gasteiger partial charge is 0.170 e. The predicted molar refractivity (Wildman–Crippen MR) is 186 cm³/mol. The molecule has 0 amide bonds. The van der Waals surface area contributed by atoms with E-state index in [1.807, 2.05) is 42.6 Å². The summed E-state index contributed by atoms with van der Waals surface area (Å²) in [7, 11) is 1.47. The normalized spacial score (nSPS) is 21.7. The first-order valence-electron chi connectivity index (χ1n) is 17.8. The van der Waals surface area contributed by atoms with Crippen molar-refractivity contribution in [3.8, 4) is 11.5 Å². The largest absolute Gasteiger partial charge is 0.504 e. The molecule has 1 aromatic heterocycles. The Hall–Kier alpha value is -3.82. The number of aromatic nitrogens is 1. The molecule has 2 heterocycles. The van der Waals surface area contributed by atoms with Crippen LogP contribution in [0.25, 0.3) is 0 Å². The third kappa shape index (κ3) is 8.24. The highest BCUT2D eigenvalue weighted by Crippen LogP contribution is 2.54. The van der Waals surface area contributed by atoms with Crippen LogP contribution in [-0.4, -0.2) is 58.2 Å². The van der Waals surface area contributed by atoms with E-state index < -0.39 is 29.0 Å². The van der Waals surface area contributed by atoms with E-state index in [0.717, 1.165) is 35.6 Å². The molecule has 0 unspecified atom stereocenters. The second-order valence-corrected chi connectivity index (χ2v) is 13.9. The highest BCUT2D eigenvalue weighted by atomic mass is 16.5. The number of nitrogens with one attached hydrogen (secondary N) is 2. The van der Waals surface area contributed by atoms with Crippen LogP contribution in [0.2, 0.25) is 0 Å². The number of aliphatic hydroxyl groups excluding tert-OH is 2. The number of aromatic hydroxyl groups is 1. The maximum absolute atomic E-state index is 13.0. The van der Waals surface area contributed by atoms with Gasteiger partial charge in [-0.05, 0) is 54.5 Å². The number of ether oxygens (including phenoxy) is 1. The lowest BCUT2D eigenvalue weighted by Gasteiger charge is -2.43. The van der Waals surface area contributed by atoms with Crippen molar-refractivity contribution in [2.75, 3.05) is 20.3 Å². The number of fused-ring (bicyclic) bond motifs is 1. The number of carbonyl (C=O) groups excluding carboxylic acids is 2. The summed E-state index contributed by atoms with van der Waals surface area (Å²) >= 11 is 0. The second kappa shape index (κ2) is 16.5. The van der Waals surface area contributed by atoms with Gasteiger partial charge in [0.2, 0.25) is 0 Å². The SMILES string of the molecule is COc1cc(CCC(=O)[C@H](O)C(=O)CCCCCCC2CCCCC2)cc([C@@H]2C3=CCNC(N)=C3C=C[C@@]2(CO)Cc2ccc[nH]2)c1O. The number of hydrogen-bond donors (Lipinski definition) is 6. The van der Waals surface area contributed by atoms with E-state index in [9.17, 15) is 24.9 Å². The van der Waals surface area contributed by atoms with Crippen LogP contribution in [-0.2, 0) is 22.4 Å². The number of allylic oxidation sites excluding steroid dienone is 3. The van der Waals surface area contributed by atoms with Gasteiger partial charge < -0.3 is 36.1 Å². The Kier molecular flexibility index (Phi) is 12.2. The van der Waals surface area contributed by atoms with Crippen LogP contribution in [0.4, 0.5) is 0 Å². The van der Waals surface area contributed by atoms with Crippen LogP contribution < -0.4 is 15.8 Å². The monoisotopic (exact) mass is 659 g/mol. The van der Waals surface area contributed by atoms with E-state index in [0.29, 0.717) is 36.3 Å². The summed E-state index contributed by atoms with van der Waals surface area (Å²) in [6.45, 7) is 0.294. The van der Waals surface area contributed by atoms with Gasteiger partial charge in [0, 0.05) is 53.7 Å². The van der Waals surface area contributed by atoms with Gasteiger partial charge in [0.05, 0.1) is 13.7 Å². The van der Waals surface area contributed by atoms with Crippen molar-refractivity contribution in [2.45, 2.75) is 102 Å². The number of dihydropyridines is 1. The Morgan fingerprint density at radius 1 is 1.08 bits per heavy atom. The van der Waals surface area contributed by atoms with Crippen molar-refractivity contribution in [2.24, 2.45) is 17.1 Å². The lowest BCUT2D eigenvalue weighted by atomic mass is 9.61. The Morgan fingerprint density at radius 2 is 1.85 bits per heavy atom.